The summed E-state index contributed by atoms with van der Waals surface area (Å²) in [6.07, 6.45) is 1.13. The van der Waals surface area contributed by atoms with Gasteiger partial charge in [-0.2, -0.15) is 0 Å². The first-order valence-corrected chi connectivity index (χ1v) is 8.13. The minimum absolute atomic E-state index is 0.483. The lowest BCUT2D eigenvalue weighted by Crippen LogP contribution is -2.34. The molecule has 1 fully saturated rings. The lowest BCUT2D eigenvalue weighted by atomic mass is 9.77. The van der Waals surface area contributed by atoms with Gasteiger partial charge in [0.15, 0.2) is 0 Å². The minimum Gasteiger partial charge on any atom is -0.316 e. The van der Waals surface area contributed by atoms with Crippen molar-refractivity contribution < 1.29 is 0 Å². The number of hydrogen-bond acceptors (Lipinski definition) is 1. The number of hydrogen-bond donors (Lipinski definition) is 1. The lowest BCUT2D eigenvalue weighted by Gasteiger charge is -2.33. The zero-order chi connectivity index (χ0) is 13.9. The Labute approximate surface area is 133 Å². The van der Waals surface area contributed by atoms with E-state index in [1.807, 2.05) is 12.1 Å². The van der Waals surface area contributed by atoms with Gasteiger partial charge in [-0.05, 0) is 48.2 Å². The predicted molar refractivity (Wildman–Crippen MR) is 88.6 cm³/mol. The number of rotatable bonds is 2. The maximum absolute atomic E-state index is 6.41. The van der Waals surface area contributed by atoms with Crippen LogP contribution in [0.2, 0.25) is 5.02 Å². The van der Waals surface area contributed by atoms with Crippen molar-refractivity contribution in [2.24, 2.45) is 0 Å². The van der Waals surface area contributed by atoms with Gasteiger partial charge in [0.25, 0.3) is 0 Å². The maximum atomic E-state index is 6.41. The van der Waals surface area contributed by atoms with Gasteiger partial charge in [0, 0.05) is 22.0 Å². The first-order chi connectivity index (χ1) is 9.75. The molecule has 0 aliphatic carbocycles. The second kappa shape index (κ2) is 6.30. The van der Waals surface area contributed by atoms with Crippen molar-refractivity contribution >= 4 is 27.5 Å². The van der Waals surface area contributed by atoms with Crippen LogP contribution in [0.4, 0.5) is 0 Å². The van der Waals surface area contributed by atoms with Crippen LogP contribution in [0.1, 0.15) is 29.4 Å². The predicted octanol–water partition coefficient (Wildman–Crippen LogP) is 4.96. The number of benzene rings is 2. The van der Waals surface area contributed by atoms with Crippen LogP contribution in [-0.4, -0.2) is 13.1 Å². The molecule has 3 heteroatoms. The summed E-state index contributed by atoms with van der Waals surface area (Å²) in [5.74, 6) is 0.975. The van der Waals surface area contributed by atoms with E-state index in [1.165, 1.54) is 11.1 Å². The molecular formula is C17H17BrClN. The van der Waals surface area contributed by atoms with Gasteiger partial charge in [0.2, 0.25) is 0 Å². The Morgan fingerprint density at radius 1 is 1.00 bits per heavy atom. The second-order valence-electron chi connectivity index (χ2n) is 5.28. The normalized spacial score (nSPS) is 22.7. The van der Waals surface area contributed by atoms with Gasteiger partial charge in [0.1, 0.15) is 0 Å². The van der Waals surface area contributed by atoms with Gasteiger partial charge in [-0.1, -0.05) is 57.9 Å². The van der Waals surface area contributed by atoms with Gasteiger partial charge >= 0.3 is 0 Å². The summed E-state index contributed by atoms with van der Waals surface area (Å²) < 4.78 is 1.12. The molecule has 3 rings (SSSR count). The molecular weight excluding hydrogens is 334 g/mol. The van der Waals surface area contributed by atoms with Crippen molar-refractivity contribution in [3.8, 4) is 0 Å². The van der Waals surface area contributed by atoms with Crippen molar-refractivity contribution in [2.75, 3.05) is 13.1 Å². The fourth-order valence-corrected chi connectivity index (χ4v) is 3.61. The standard InChI is InChI=1S/C17H17BrClN/c18-13-7-5-12(6-8-13)16-11-20-10-9-14(16)15-3-1-2-4-17(15)19/h1-8,14,16,20H,9-11H2. The average Bonchev–Trinajstić information content (AvgIpc) is 2.49. The molecule has 2 atom stereocenters. The summed E-state index contributed by atoms with van der Waals surface area (Å²) in [6.45, 7) is 2.07. The molecule has 1 N–H and O–H groups in total. The van der Waals surface area contributed by atoms with Crippen LogP contribution in [0.25, 0.3) is 0 Å². The smallest absolute Gasteiger partial charge is 0.0441 e. The third-order valence-corrected chi connectivity index (χ3v) is 4.96. The van der Waals surface area contributed by atoms with E-state index in [0.29, 0.717) is 11.8 Å². The van der Waals surface area contributed by atoms with E-state index in [4.69, 9.17) is 11.6 Å². The molecule has 0 spiro atoms. The van der Waals surface area contributed by atoms with Gasteiger partial charge < -0.3 is 5.32 Å². The van der Waals surface area contributed by atoms with Crippen molar-refractivity contribution in [3.63, 3.8) is 0 Å². The van der Waals surface area contributed by atoms with Crippen LogP contribution in [0.3, 0.4) is 0 Å². The molecule has 2 aromatic rings. The summed E-state index contributed by atoms with van der Waals surface area (Å²) in [7, 11) is 0. The van der Waals surface area contributed by atoms with Crippen LogP contribution in [0.15, 0.2) is 53.0 Å². The molecule has 20 heavy (non-hydrogen) atoms. The van der Waals surface area contributed by atoms with E-state index in [-0.39, 0.29) is 0 Å². The Morgan fingerprint density at radius 2 is 1.75 bits per heavy atom. The van der Waals surface area contributed by atoms with Gasteiger partial charge in [-0.15, -0.1) is 0 Å². The van der Waals surface area contributed by atoms with E-state index in [2.05, 4.69) is 57.6 Å². The SMILES string of the molecule is Clc1ccccc1C1CCNCC1c1ccc(Br)cc1. The fourth-order valence-electron chi connectivity index (χ4n) is 3.07. The molecule has 0 saturated carbocycles. The number of nitrogens with one attached hydrogen (secondary N) is 1. The van der Waals surface area contributed by atoms with Crippen molar-refractivity contribution in [1.29, 1.82) is 0 Å². The molecule has 1 aliphatic rings. The van der Waals surface area contributed by atoms with Crippen LogP contribution in [0, 0.1) is 0 Å². The molecule has 0 amide bonds. The Hall–Kier alpha value is -0.830. The van der Waals surface area contributed by atoms with Crippen LogP contribution in [-0.2, 0) is 0 Å². The van der Waals surface area contributed by atoms with Crippen LogP contribution in [0.5, 0.6) is 0 Å². The van der Waals surface area contributed by atoms with Crippen molar-refractivity contribution in [1.82, 2.24) is 5.32 Å². The Kier molecular flexibility index (Phi) is 4.45. The number of piperidine rings is 1. The largest absolute Gasteiger partial charge is 0.316 e. The first kappa shape index (κ1) is 14.1. The Morgan fingerprint density at radius 3 is 2.50 bits per heavy atom. The zero-order valence-electron chi connectivity index (χ0n) is 11.2. The van der Waals surface area contributed by atoms with Crippen molar-refractivity contribution in [3.05, 3.63) is 69.2 Å². The fraction of sp³-hybridized carbons (Fsp3) is 0.294. The molecule has 2 aromatic carbocycles. The molecule has 0 bridgehead atoms. The summed E-state index contributed by atoms with van der Waals surface area (Å²) in [5, 5.41) is 4.40. The van der Waals surface area contributed by atoms with E-state index < -0.39 is 0 Å². The maximum Gasteiger partial charge on any atom is 0.0441 e. The zero-order valence-corrected chi connectivity index (χ0v) is 13.5. The summed E-state index contributed by atoms with van der Waals surface area (Å²) in [6, 6.07) is 16.9. The van der Waals surface area contributed by atoms with Crippen LogP contribution < -0.4 is 5.32 Å². The van der Waals surface area contributed by atoms with E-state index in [1.54, 1.807) is 0 Å². The summed E-state index contributed by atoms with van der Waals surface area (Å²) >= 11 is 9.91. The Bertz CT molecular complexity index is 582. The second-order valence-corrected chi connectivity index (χ2v) is 6.60. The van der Waals surface area contributed by atoms with Crippen molar-refractivity contribution in [2.45, 2.75) is 18.3 Å². The Balaban J connectivity index is 1.95. The highest BCUT2D eigenvalue weighted by Crippen LogP contribution is 2.40. The topological polar surface area (TPSA) is 12.0 Å². The van der Waals surface area contributed by atoms with Gasteiger partial charge in [0.05, 0.1) is 0 Å². The molecule has 0 radical (unpaired) electrons. The molecule has 1 aliphatic heterocycles. The monoisotopic (exact) mass is 349 g/mol. The highest BCUT2D eigenvalue weighted by atomic mass is 79.9. The third-order valence-electron chi connectivity index (χ3n) is 4.08. The quantitative estimate of drug-likeness (QED) is 0.807. The molecule has 1 saturated heterocycles. The van der Waals surface area contributed by atoms with Gasteiger partial charge in [-0.25, -0.2) is 0 Å². The lowest BCUT2D eigenvalue weighted by molar-refractivity contribution is 0.404. The van der Waals surface area contributed by atoms with E-state index in [0.717, 1.165) is 29.0 Å². The average molecular weight is 351 g/mol. The van der Waals surface area contributed by atoms with E-state index >= 15 is 0 Å². The van der Waals surface area contributed by atoms with E-state index in [9.17, 15) is 0 Å². The minimum atomic E-state index is 0.483. The molecule has 2 unspecified atom stereocenters. The third kappa shape index (κ3) is 2.93. The van der Waals surface area contributed by atoms with Crippen LogP contribution >= 0.6 is 27.5 Å². The summed E-state index contributed by atoms with van der Waals surface area (Å²) in [4.78, 5) is 0. The highest BCUT2D eigenvalue weighted by Gasteiger charge is 2.28. The molecule has 104 valence electrons. The molecule has 0 aromatic heterocycles. The molecule has 1 heterocycles. The summed E-state index contributed by atoms with van der Waals surface area (Å²) in [5.41, 5.74) is 2.66. The van der Waals surface area contributed by atoms with Gasteiger partial charge in [-0.3, -0.25) is 0 Å². The number of halogens is 2. The molecule has 1 nitrogen and oxygen atoms in total. The first-order valence-electron chi connectivity index (χ1n) is 6.96. The highest BCUT2D eigenvalue weighted by molar-refractivity contribution is 9.10.